The van der Waals surface area contributed by atoms with Gasteiger partial charge in [-0.25, -0.2) is 0 Å². The van der Waals surface area contributed by atoms with Crippen molar-refractivity contribution >= 4 is 23.6 Å². The Morgan fingerprint density at radius 3 is 2.42 bits per heavy atom. The fourth-order valence-electron chi connectivity index (χ4n) is 3.04. The van der Waals surface area contributed by atoms with E-state index in [1.54, 1.807) is 0 Å². The molecule has 0 aromatic heterocycles. The molecule has 1 heterocycles. The van der Waals surface area contributed by atoms with Gasteiger partial charge in [-0.15, -0.1) is 11.8 Å². The molecule has 5 heteroatoms. The second-order valence-electron chi connectivity index (χ2n) is 6.36. The summed E-state index contributed by atoms with van der Waals surface area (Å²) in [5, 5.41) is 2.98. The minimum atomic E-state index is -0.0855. The SMILES string of the molecule is O=C(NCCc1ccccc1)c1ccccc1SCC(=O)N1CCCC1. The van der Waals surface area contributed by atoms with Gasteiger partial charge in [-0.3, -0.25) is 9.59 Å². The molecule has 136 valence electrons. The van der Waals surface area contributed by atoms with Gasteiger partial charge in [-0.2, -0.15) is 0 Å². The largest absolute Gasteiger partial charge is 0.352 e. The lowest BCUT2D eigenvalue weighted by Gasteiger charge is -2.15. The summed E-state index contributed by atoms with van der Waals surface area (Å²) < 4.78 is 0. The number of likely N-dealkylation sites (tertiary alicyclic amines) is 1. The minimum Gasteiger partial charge on any atom is -0.352 e. The predicted molar refractivity (Wildman–Crippen MR) is 105 cm³/mol. The maximum absolute atomic E-state index is 12.5. The fourth-order valence-corrected chi connectivity index (χ4v) is 3.99. The first-order valence-corrected chi connectivity index (χ1v) is 10.0. The number of hydrogen-bond donors (Lipinski definition) is 1. The van der Waals surface area contributed by atoms with Crippen LogP contribution in [0.4, 0.5) is 0 Å². The van der Waals surface area contributed by atoms with Crippen LogP contribution < -0.4 is 5.32 Å². The van der Waals surface area contributed by atoms with E-state index in [4.69, 9.17) is 0 Å². The molecule has 1 N–H and O–H groups in total. The van der Waals surface area contributed by atoms with Gasteiger partial charge in [0.25, 0.3) is 5.91 Å². The zero-order valence-corrected chi connectivity index (χ0v) is 15.6. The summed E-state index contributed by atoms with van der Waals surface area (Å²) in [4.78, 5) is 27.5. The Morgan fingerprint density at radius 1 is 0.962 bits per heavy atom. The summed E-state index contributed by atoms with van der Waals surface area (Å²) in [7, 11) is 0. The van der Waals surface area contributed by atoms with Crippen LogP contribution in [0.15, 0.2) is 59.5 Å². The quantitative estimate of drug-likeness (QED) is 0.762. The van der Waals surface area contributed by atoms with E-state index in [0.29, 0.717) is 17.9 Å². The molecular formula is C21H24N2O2S. The van der Waals surface area contributed by atoms with Gasteiger partial charge in [0.2, 0.25) is 5.91 Å². The highest BCUT2D eigenvalue weighted by Gasteiger charge is 2.19. The third-order valence-electron chi connectivity index (χ3n) is 4.48. The van der Waals surface area contributed by atoms with Crippen molar-refractivity contribution in [1.29, 1.82) is 0 Å². The van der Waals surface area contributed by atoms with E-state index in [-0.39, 0.29) is 11.8 Å². The van der Waals surface area contributed by atoms with Crippen molar-refractivity contribution in [3.8, 4) is 0 Å². The standard InChI is InChI=1S/C21H24N2O2S/c24-20(23-14-6-7-15-23)16-26-19-11-5-4-10-18(19)21(25)22-13-12-17-8-2-1-3-9-17/h1-5,8-11H,6-7,12-16H2,(H,22,25). The molecule has 1 aliphatic heterocycles. The number of thioether (sulfide) groups is 1. The van der Waals surface area contributed by atoms with Crippen LogP contribution in [0, 0.1) is 0 Å². The molecule has 3 rings (SSSR count). The molecule has 4 nitrogen and oxygen atoms in total. The zero-order chi connectivity index (χ0) is 18.2. The molecule has 2 amide bonds. The Labute approximate surface area is 159 Å². The molecule has 0 radical (unpaired) electrons. The van der Waals surface area contributed by atoms with Crippen LogP contribution in [0.2, 0.25) is 0 Å². The first kappa shape index (κ1) is 18.5. The first-order valence-electron chi connectivity index (χ1n) is 9.06. The van der Waals surface area contributed by atoms with Gasteiger partial charge < -0.3 is 10.2 Å². The summed E-state index contributed by atoms with van der Waals surface area (Å²) in [6.45, 7) is 2.32. The van der Waals surface area contributed by atoms with E-state index in [2.05, 4.69) is 17.4 Å². The smallest absolute Gasteiger partial charge is 0.252 e. The Balaban J connectivity index is 1.53. The molecule has 1 fully saturated rings. The third kappa shape index (κ3) is 5.11. The minimum absolute atomic E-state index is 0.0855. The lowest BCUT2D eigenvalue weighted by atomic mass is 10.1. The van der Waals surface area contributed by atoms with Gasteiger partial charge in [0.1, 0.15) is 0 Å². The van der Waals surface area contributed by atoms with Gasteiger partial charge in [0.05, 0.1) is 11.3 Å². The molecule has 0 atom stereocenters. The lowest BCUT2D eigenvalue weighted by Crippen LogP contribution is -2.29. The molecule has 2 aromatic rings. The highest BCUT2D eigenvalue weighted by molar-refractivity contribution is 8.00. The van der Waals surface area contributed by atoms with Crippen LogP contribution in [0.5, 0.6) is 0 Å². The van der Waals surface area contributed by atoms with Crippen molar-refractivity contribution in [2.75, 3.05) is 25.4 Å². The third-order valence-corrected chi connectivity index (χ3v) is 5.54. The molecule has 1 aliphatic rings. The molecule has 26 heavy (non-hydrogen) atoms. The van der Waals surface area contributed by atoms with Crippen molar-refractivity contribution in [2.24, 2.45) is 0 Å². The molecular weight excluding hydrogens is 344 g/mol. The van der Waals surface area contributed by atoms with Crippen LogP contribution in [0.1, 0.15) is 28.8 Å². The van der Waals surface area contributed by atoms with Crippen molar-refractivity contribution < 1.29 is 9.59 Å². The zero-order valence-electron chi connectivity index (χ0n) is 14.8. The van der Waals surface area contributed by atoms with Gasteiger partial charge in [0, 0.05) is 24.5 Å². The van der Waals surface area contributed by atoms with E-state index in [9.17, 15) is 9.59 Å². The predicted octanol–water partition coefficient (Wildman–Crippen LogP) is 3.37. The van der Waals surface area contributed by atoms with E-state index >= 15 is 0 Å². The molecule has 0 spiro atoms. The van der Waals surface area contributed by atoms with E-state index in [1.807, 2.05) is 47.4 Å². The summed E-state index contributed by atoms with van der Waals surface area (Å²) >= 11 is 1.45. The maximum atomic E-state index is 12.5. The second kappa shape index (κ2) is 9.43. The van der Waals surface area contributed by atoms with Crippen molar-refractivity contribution in [2.45, 2.75) is 24.2 Å². The van der Waals surface area contributed by atoms with Gasteiger partial charge >= 0.3 is 0 Å². The van der Waals surface area contributed by atoms with Crippen molar-refractivity contribution in [1.82, 2.24) is 10.2 Å². The number of amides is 2. The first-order chi connectivity index (χ1) is 12.7. The number of rotatable bonds is 7. The molecule has 2 aromatic carbocycles. The van der Waals surface area contributed by atoms with E-state index < -0.39 is 0 Å². The van der Waals surface area contributed by atoms with Crippen LogP contribution in [-0.2, 0) is 11.2 Å². The number of nitrogens with one attached hydrogen (secondary N) is 1. The van der Waals surface area contributed by atoms with Crippen LogP contribution in [-0.4, -0.2) is 42.1 Å². The molecule has 1 saturated heterocycles. The molecule has 0 unspecified atom stereocenters. The molecule has 0 aliphatic carbocycles. The Hall–Kier alpha value is -2.27. The lowest BCUT2D eigenvalue weighted by molar-refractivity contribution is -0.127. The summed E-state index contributed by atoms with van der Waals surface area (Å²) in [5.41, 5.74) is 1.84. The van der Waals surface area contributed by atoms with E-state index in [0.717, 1.165) is 37.2 Å². The highest BCUT2D eigenvalue weighted by Crippen LogP contribution is 2.23. The number of hydrogen-bond acceptors (Lipinski definition) is 3. The van der Waals surface area contributed by atoms with Crippen LogP contribution in [0.3, 0.4) is 0 Å². The Kier molecular flexibility index (Phi) is 6.72. The summed E-state index contributed by atoms with van der Waals surface area (Å²) in [6, 6.07) is 17.6. The average Bonchev–Trinajstić information content (AvgIpc) is 3.22. The number of benzene rings is 2. The maximum Gasteiger partial charge on any atom is 0.252 e. The topological polar surface area (TPSA) is 49.4 Å². The second-order valence-corrected chi connectivity index (χ2v) is 7.38. The average molecular weight is 369 g/mol. The summed E-state index contributed by atoms with van der Waals surface area (Å²) in [5.74, 6) is 0.457. The van der Waals surface area contributed by atoms with Crippen molar-refractivity contribution in [3.05, 3.63) is 65.7 Å². The monoisotopic (exact) mass is 368 g/mol. The number of carbonyl (C=O) groups is 2. The number of carbonyl (C=O) groups excluding carboxylic acids is 2. The van der Waals surface area contributed by atoms with Gasteiger partial charge in [0.15, 0.2) is 0 Å². The van der Waals surface area contributed by atoms with Crippen LogP contribution in [0.25, 0.3) is 0 Å². The highest BCUT2D eigenvalue weighted by atomic mass is 32.2. The molecule has 0 saturated carbocycles. The van der Waals surface area contributed by atoms with Gasteiger partial charge in [-0.1, -0.05) is 42.5 Å². The van der Waals surface area contributed by atoms with Gasteiger partial charge in [-0.05, 0) is 37.0 Å². The fraction of sp³-hybridized carbons (Fsp3) is 0.333. The summed E-state index contributed by atoms with van der Waals surface area (Å²) in [6.07, 6.45) is 2.99. The normalized spacial score (nSPS) is 13.6. The van der Waals surface area contributed by atoms with Crippen LogP contribution >= 0.6 is 11.8 Å². The van der Waals surface area contributed by atoms with E-state index in [1.165, 1.54) is 17.3 Å². The Morgan fingerprint density at radius 2 is 1.65 bits per heavy atom. The van der Waals surface area contributed by atoms with Crippen molar-refractivity contribution in [3.63, 3.8) is 0 Å². The number of nitrogens with zero attached hydrogens (tertiary/aromatic N) is 1. The molecule has 0 bridgehead atoms. The Bertz CT molecular complexity index is 743.